The standard InChI is InChI=1S/C23H17FN4O3/c1-25-14-4-6-17-12(7-14)8-18(26-17)23(30)28(2)20-11-31-10-19-21(20)15-5-3-13(24)9-16(15)22(29)27-19/h3-9,20,26H,10-11H2,2H3,(H,27,29). The average molecular weight is 416 g/mol. The van der Waals surface area contributed by atoms with E-state index in [1.54, 1.807) is 42.3 Å². The molecule has 0 saturated heterocycles. The molecular formula is C23H17FN4O3. The lowest BCUT2D eigenvalue weighted by atomic mass is 9.95. The number of halogens is 1. The molecule has 1 amide bonds. The van der Waals surface area contributed by atoms with Crippen LogP contribution in [0.1, 0.15) is 27.8 Å². The van der Waals surface area contributed by atoms with Crippen LogP contribution >= 0.6 is 0 Å². The Morgan fingerprint density at radius 1 is 1.19 bits per heavy atom. The van der Waals surface area contributed by atoms with Gasteiger partial charge in [0.1, 0.15) is 11.5 Å². The number of carbonyl (C=O) groups excluding carboxylic acids is 1. The molecule has 4 aromatic rings. The van der Waals surface area contributed by atoms with Crippen molar-refractivity contribution >= 4 is 33.3 Å². The molecule has 0 fully saturated rings. The number of aromatic amines is 2. The van der Waals surface area contributed by atoms with E-state index in [-0.39, 0.29) is 24.5 Å². The molecule has 0 radical (unpaired) electrons. The van der Waals surface area contributed by atoms with E-state index >= 15 is 0 Å². The van der Waals surface area contributed by atoms with E-state index in [9.17, 15) is 14.0 Å². The minimum Gasteiger partial charge on any atom is -0.373 e. The molecule has 0 saturated carbocycles. The number of fused-ring (bicyclic) bond motifs is 4. The number of amides is 1. The van der Waals surface area contributed by atoms with Crippen LogP contribution in [0, 0.1) is 12.4 Å². The molecule has 0 aliphatic carbocycles. The maximum absolute atomic E-state index is 13.7. The Kier molecular flexibility index (Phi) is 4.34. The Morgan fingerprint density at radius 2 is 2.03 bits per heavy atom. The van der Waals surface area contributed by atoms with E-state index in [1.807, 2.05) is 0 Å². The lowest BCUT2D eigenvalue weighted by Gasteiger charge is -2.33. The molecule has 7 nitrogen and oxygen atoms in total. The summed E-state index contributed by atoms with van der Waals surface area (Å²) >= 11 is 0. The normalized spacial score (nSPS) is 15.6. The molecule has 1 unspecified atom stereocenters. The second-order valence-corrected chi connectivity index (χ2v) is 7.55. The van der Waals surface area contributed by atoms with Crippen molar-refractivity contribution in [1.29, 1.82) is 0 Å². The number of ether oxygens (including phenoxy) is 1. The molecule has 1 atom stereocenters. The second kappa shape index (κ2) is 7.07. The maximum Gasteiger partial charge on any atom is 0.270 e. The first-order chi connectivity index (χ1) is 15.0. The average Bonchev–Trinajstić information content (AvgIpc) is 3.21. The maximum atomic E-state index is 13.7. The van der Waals surface area contributed by atoms with Crippen molar-refractivity contribution in [2.45, 2.75) is 12.6 Å². The third kappa shape index (κ3) is 3.07. The second-order valence-electron chi connectivity index (χ2n) is 7.55. The van der Waals surface area contributed by atoms with Crippen molar-refractivity contribution in [3.63, 3.8) is 0 Å². The van der Waals surface area contributed by atoms with E-state index in [0.29, 0.717) is 22.5 Å². The molecule has 0 bridgehead atoms. The van der Waals surface area contributed by atoms with Gasteiger partial charge in [0.2, 0.25) is 0 Å². The Morgan fingerprint density at radius 3 is 2.84 bits per heavy atom. The number of carbonyl (C=O) groups is 1. The van der Waals surface area contributed by atoms with Crippen molar-refractivity contribution in [2.75, 3.05) is 13.7 Å². The van der Waals surface area contributed by atoms with Crippen LogP contribution in [0.5, 0.6) is 0 Å². The summed E-state index contributed by atoms with van der Waals surface area (Å²) in [4.78, 5) is 36.5. The quantitative estimate of drug-likeness (QED) is 0.484. The Balaban J connectivity index is 1.58. The van der Waals surface area contributed by atoms with Gasteiger partial charge in [0.25, 0.3) is 11.5 Å². The van der Waals surface area contributed by atoms with Crippen LogP contribution < -0.4 is 5.56 Å². The van der Waals surface area contributed by atoms with Crippen LogP contribution in [-0.4, -0.2) is 34.4 Å². The molecule has 3 heterocycles. The molecule has 2 aromatic heterocycles. The topological polar surface area (TPSA) is 82.5 Å². The number of rotatable bonds is 2. The number of hydrogen-bond acceptors (Lipinski definition) is 3. The summed E-state index contributed by atoms with van der Waals surface area (Å²) in [6.07, 6.45) is 0. The van der Waals surface area contributed by atoms with Gasteiger partial charge in [-0.1, -0.05) is 12.1 Å². The third-order valence-corrected chi connectivity index (χ3v) is 5.71. The fourth-order valence-electron chi connectivity index (χ4n) is 4.17. The minimum atomic E-state index is -0.497. The number of benzene rings is 2. The summed E-state index contributed by atoms with van der Waals surface area (Å²) in [7, 11) is 1.67. The first kappa shape index (κ1) is 19.0. The highest BCUT2D eigenvalue weighted by Gasteiger charge is 2.31. The van der Waals surface area contributed by atoms with Gasteiger partial charge < -0.3 is 19.6 Å². The molecule has 8 heteroatoms. The van der Waals surface area contributed by atoms with Crippen molar-refractivity contribution < 1.29 is 13.9 Å². The van der Waals surface area contributed by atoms with Gasteiger partial charge in [0.15, 0.2) is 5.69 Å². The van der Waals surface area contributed by atoms with Crippen molar-refractivity contribution in [3.05, 3.63) is 87.0 Å². The third-order valence-electron chi connectivity index (χ3n) is 5.71. The van der Waals surface area contributed by atoms with E-state index in [1.165, 1.54) is 12.1 Å². The molecule has 1 aliphatic heterocycles. The first-order valence-corrected chi connectivity index (χ1v) is 9.65. The summed E-state index contributed by atoms with van der Waals surface area (Å²) in [5.74, 6) is -0.758. The smallest absolute Gasteiger partial charge is 0.270 e. The van der Waals surface area contributed by atoms with Gasteiger partial charge in [-0.3, -0.25) is 9.59 Å². The zero-order valence-corrected chi connectivity index (χ0v) is 16.5. The summed E-state index contributed by atoms with van der Waals surface area (Å²) in [6, 6.07) is 10.5. The van der Waals surface area contributed by atoms with Gasteiger partial charge in [-0.05, 0) is 41.1 Å². The Bertz CT molecular complexity index is 1460. The lowest BCUT2D eigenvalue weighted by molar-refractivity contribution is 0.0333. The van der Waals surface area contributed by atoms with Gasteiger partial charge in [-0.2, -0.15) is 0 Å². The lowest BCUT2D eigenvalue weighted by Crippen LogP contribution is -2.37. The zero-order chi connectivity index (χ0) is 21.7. The largest absolute Gasteiger partial charge is 0.373 e. The van der Waals surface area contributed by atoms with Crippen LogP contribution in [-0.2, 0) is 11.3 Å². The molecular weight excluding hydrogens is 399 g/mol. The summed E-state index contributed by atoms with van der Waals surface area (Å²) < 4.78 is 19.4. The predicted octanol–water partition coefficient (Wildman–Crippen LogP) is 4.04. The van der Waals surface area contributed by atoms with Gasteiger partial charge in [0.05, 0.1) is 31.2 Å². The summed E-state index contributed by atoms with van der Waals surface area (Å²) in [5, 5.41) is 1.62. The Hall–Kier alpha value is -3.96. The number of aromatic nitrogens is 2. The van der Waals surface area contributed by atoms with Crippen LogP contribution in [0.4, 0.5) is 10.1 Å². The summed E-state index contributed by atoms with van der Waals surface area (Å²) in [6.45, 7) is 7.61. The fraction of sp³-hybridized carbons (Fsp3) is 0.174. The van der Waals surface area contributed by atoms with E-state index < -0.39 is 17.4 Å². The van der Waals surface area contributed by atoms with Crippen LogP contribution in [0.3, 0.4) is 0 Å². The monoisotopic (exact) mass is 416 g/mol. The first-order valence-electron chi connectivity index (χ1n) is 9.65. The van der Waals surface area contributed by atoms with Crippen molar-refractivity contribution in [1.82, 2.24) is 14.9 Å². The zero-order valence-electron chi connectivity index (χ0n) is 16.5. The van der Waals surface area contributed by atoms with Gasteiger partial charge in [-0.25, -0.2) is 9.24 Å². The van der Waals surface area contributed by atoms with Crippen molar-refractivity contribution in [3.8, 4) is 0 Å². The van der Waals surface area contributed by atoms with Crippen molar-refractivity contribution in [2.24, 2.45) is 0 Å². The number of pyridine rings is 1. The van der Waals surface area contributed by atoms with Gasteiger partial charge in [-0.15, -0.1) is 0 Å². The SMILES string of the molecule is [C-]#[N+]c1ccc2[nH]c(C(=O)N(C)C3COCc4[nH]c(=O)c5cc(F)ccc5c43)cc2c1. The predicted molar refractivity (Wildman–Crippen MR) is 114 cm³/mol. The minimum absolute atomic E-state index is 0.211. The highest BCUT2D eigenvalue weighted by molar-refractivity contribution is 5.99. The van der Waals surface area contributed by atoms with Crippen LogP contribution in [0.25, 0.3) is 26.5 Å². The number of likely N-dealkylation sites (N-methyl/N-ethyl adjacent to an activating group) is 1. The molecule has 1 aliphatic rings. The molecule has 154 valence electrons. The molecule has 2 N–H and O–H groups in total. The Labute approximate surface area is 175 Å². The van der Waals surface area contributed by atoms with E-state index in [0.717, 1.165) is 16.5 Å². The van der Waals surface area contributed by atoms with Crippen LogP contribution in [0.15, 0.2) is 47.3 Å². The molecule has 0 spiro atoms. The molecule has 2 aromatic carbocycles. The fourth-order valence-corrected chi connectivity index (χ4v) is 4.17. The highest BCUT2D eigenvalue weighted by atomic mass is 19.1. The van der Waals surface area contributed by atoms with E-state index in [4.69, 9.17) is 11.3 Å². The number of nitrogens with zero attached hydrogens (tertiary/aromatic N) is 2. The number of nitrogens with one attached hydrogen (secondary N) is 2. The van der Waals surface area contributed by atoms with Crippen LogP contribution in [0.2, 0.25) is 0 Å². The molecule has 5 rings (SSSR count). The summed E-state index contributed by atoms with van der Waals surface area (Å²) in [5.41, 5.74) is 2.58. The van der Waals surface area contributed by atoms with Gasteiger partial charge >= 0.3 is 0 Å². The highest BCUT2D eigenvalue weighted by Crippen LogP contribution is 2.34. The van der Waals surface area contributed by atoms with E-state index in [2.05, 4.69) is 14.8 Å². The molecule has 31 heavy (non-hydrogen) atoms. The van der Waals surface area contributed by atoms with Gasteiger partial charge in [0, 0.05) is 23.8 Å². The number of hydrogen-bond donors (Lipinski definition) is 2. The number of H-pyrrole nitrogens is 2.